The summed E-state index contributed by atoms with van der Waals surface area (Å²) < 4.78 is 24.4. The van der Waals surface area contributed by atoms with Gasteiger partial charge in [-0.15, -0.1) is 0 Å². The van der Waals surface area contributed by atoms with Crippen LogP contribution in [0.2, 0.25) is 5.02 Å². The molecule has 0 radical (unpaired) electrons. The van der Waals surface area contributed by atoms with E-state index < -0.39 is 5.82 Å². The molecule has 3 aromatic rings. The SMILES string of the molecule is COc1cc(/C=C/C(=O)Nc2cccc(F)c2)ccc1OCc1ccc(Cl)cc1. The van der Waals surface area contributed by atoms with E-state index in [1.807, 2.05) is 18.2 Å². The molecule has 0 aliphatic rings. The minimum atomic E-state index is -0.411. The Morgan fingerprint density at radius 3 is 2.59 bits per heavy atom. The van der Waals surface area contributed by atoms with Crippen LogP contribution >= 0.6 is 11.6 Å². The van der Waals surface area contributed by atoms with E-state index in [0.717, 1.165) is 11.1 Å². The van der Waals surface area contributed by atoms with Crippen molar-refractivity contribution in [3.05, 3.63) is 94.8 Å². The molecule has 0 unspecified atom stereocenters. The van der Waals surface area contributed by atoms with E-state index in [9.17, 15) is 9.18 Å². The zero-order chi connectivity index (χ0) is 20.6. The van der Waals surface area contributed by atoms with Crippen LogP contribution in [0.5, 0.6) is 11.5 Å². The third-order valence-electron chi connectivity index (χ3n) is 4.01. The van der Waals surface area contributed by atoms with Gasteiger partial charge in [0.05, 0.1) is 7.11 Å². The summed E-state index contributed by atoms with van der Waals surface area (Å²) in [6.07, 6.45) is 3.01. The molecule has 6 heteroatoms. The van der Waals surface area contributed by atoms with Crippen LogP contribution in [0.25, 0.3) is 6.08 Å². The van der Waals surface area contributed by atoms with Crippen LogP contribution in [-0.2, 0) is 11.4 Å². The van der Waals surface area contributed by atoms with Crippen LogP contribution in [0.1, 0.15) is 11.1 Å². The number of nitrogens with one attached hydrogen (secondary N) is 1. The molecule has 0 aliphatic carbocycles. The molecule has 0 saturated carbocycles. The van der Waals surface area contributed by atoms with E-state index in [0.29, 0.717) is 28.8 Å². The molecule has 0 aromatic heterocycles. The Balaban J connectivity index is 1.63. The van der Waals surface area contributed by atoms with Gasteiger partial charge in [0.1, 0.15) is 12.4 Å². The number of methoxy groups -OCH3 is 1. The van der Waals surface area contributed by atoms with Crippen molar-refractivity contribution in [2.24, 2.45) is 0 Å². The third-order valence-corrected chi connectivity index (χ3v) is 4.27. The summed E-state index contributed by atoms with van der Waals surface area (Å²) in [7, 11) is 1.55. The van der Waals surface area contributed by atoms with Crippen LogP contribution in [0.4, 0.5) is 10.1 Å². The highest BCUT2D eigenvalue weighted by atomic mass is 35.5. The Morgan fingerprint density at radius 1 is 1.07 bits per heavy atom. The van der Waals surface area contributed by atoms with E-state index in [-0.39, 0.29) is 5.91 Å². The first-order valence-corrected chi connectivity index (χ1v) is 9.21. The average Bonchev–Trinajstić information content (AvgIpc) is 2.72. The maximum absolute atomic E-state index is 13.2. The predicted octanol–water partition coefficient (Wildman–Crippen LogP) is 5.72. The number of rotatable bonds is 7. The van der Waals surface area contributed by atoms with Gasteiger partial charge in [0.15, 0.2) is 11.5 Å². The van der Waals surface area contributed by atoms with E-state index in [2.05, 4.69) is 5.32 Å². The number of amides is 1. The number of hydrogen-bond acceptors (Lipinski definition) is 3. The van der Waals surface area contributed by atoms with E-state index >= 15 is 0 Å². The first kappa shape index (κ1) is 20.4. The fraction of sp³-hybridized carbons (Fsp3) is 0.0870. The Morgan fingerprint density at radius 2 is 1.86 bits per heavy atom. The third kappa shape index (κ3) is 6.09. The molecule has 0 bridgehead atoms. The standard InChI is InChI=1S/C23H19ClFNO3/c1-28-22-13-16(8-12-23(27)26-20-4-2-3-19(25)14-20)7-11-21(22)29-15-17-5-9-18(24)10-6-17/h2-14H,15H2,1H3,(H,26,27)/b12-8+. The number of halogens is 2. The van der Waals surface area contributed by atoms with Crippen molar-refractivity contribution in [2.75, 3.05) is 12.4 Å². The molecule has 0 aliphatic heterocycles. The van der Waals surface area contributed by atoms with Crippen molar-refractivity contribution < 1.29 is 18.7 Å². The van der Waals surface area contributed by atoms with Crippen molar-refractivity contribution >= 4 is 29.3 Å². The summed E-state index contributed by atoms with van der Waals surface area (Å²) in [6.45, 7) is 0.374. The highest BCUT2D eigenvalue weighted by Crippen LogP contribution is 2.29. The lowest BCUT2D eigenvalue weighted by molar-refractivity contribution is -0.111. The molecular formula is C23H19ClFNO3. The fourth-order valence-corrected chi connectivity index (χ4v) is 2.70. The van der Waals surface area contributed by atoms with Gasteiger partial charge in [0, 0.05) is 16.8 Å². The zero-order valence-electron chi connectivity index (χ0n) is 15.7. The van der Waals surface area contributed by atoms with Crippen molar-refractivity contribution in [1.82, 2.24) is 0 Å². The van der Waals surface area contributed by atoms with Crippen molar-refractivity contribution in [2.45, 2.75) is 6.61 Å². The van der Waals surface area contributed by atoms with Gasteiger partial charge in [-0.3, -0.25) is 4.79 Å². The van der Waals surface area contributed by atoms with Crippen LogP contribution in [0, 0.1) is 5.82 Å². The maximum Gasteiger partial charge on any atom is 0.248 e. The Bertz CT molecular complexity index is 1020. The summed E-state index contributed by atoms with van der Waals surface area (Å²) >= 11 is 5.89. The fourth-order valence-electron chi connectivity index (χ4n) is 2.57. The average molecular weight is 412 g/mol. The van der Waals surface area contributed by atoms with Crippen molar-refractivity contribution in [3.8, 4) is 11.5 Å². The molecule has 3 rings (SSSR count). The second-order valence-corrected chi connectivity index (χ2v) is 6.59. The number of anilines is 1. The summed E-state index contributed by atoms with van der Waals surface area (Å²) in [4.78, 5) is 12.0. The highest BCUT2D eigenvalue weighted by molar-refractivity contribution is 6.30. The molecule has 1 amide bonds. The Kier molecular flexibility index (Phi) is 6.87. The smallest absolute Gasteiger partial charge is 0.248 e. The van der Waals surface area contributed by atoms with Crippen LogP contribution in [-0.4, -0.2) is 13.0 Å². The molecule has 29 heavy (non-hydrogen) atoms. The molecule has 148 valence electrons. The lowest BCUT2D eigenvalue weighted by Gasteiger charge is -2.11. The summed E-state index contributed by atoms with van der Waals surface area (Å²) in [5, 5.41) is 3.27. The first-order chi connectivity index (χ1) is 14.0. The molecule has 3 aromatic carbocycles. The predicted molar refractivity (Wildman–Crippen MR) is 113 cm³/mol. The number of hydrogen-bond donors (Lipinski definition) is 1. The molecule has 4 nitrogen and oxygen atoms in total. The maximum atomic E-state index is 13.2. The summed E-state index contributed by atoms with van der Waals surface area (Å²) in [5.74, 6) is 0.360. The monoisotopic (exact) mass is 411 g/mol. The topological polar surface area (TPSA) is 47.6 Å². The van der Waals surface area contributed by atoms with Crippen LogP contribution in [0.15, 0.2) is 72.8 Å². The normalized spacial score (nSPS) is 10.7. The second-order valence-electron chi connectivity index (χ2n) is 6.16. The molecule has 0 atom stereocenters. The number of carbonyl (C=O) groups is 1. The zero-order valence-corrected chi connectivity index (χ0v) is 16.4. The van der Waals surface area contributed by atoms with E-state index in [1.165, 1.54) is 24.3 Å². The molecule has 0 fully saturated rings. The minimum Gasteiger partial charge on any atom is -0.493 e. The Labute approximate surface area is 173 Å². The minimum absolute atomic E-state index is 0.363. The van der Waals surface area contributed by atoms with Crippen LogP contribution in [0.3, 0.4) is 0 Å². The van der Waals surface area contributed by atoms with Gasteiger partial charge in [0.2, 0.25) is 5.91 Å². The lowest BCUT2D eigenvalue weighted by Crippen LogP contribution is -2.07. The number of ether oxygens (including phenoxy) is 2. The van der Waals surface area contributed by atoms with E-state index in [1.54, 1.807) is 43.5 Å². The van der Waals surface area contributed by atoms with Crippen molar-refractivity contribution in [3.63, 3.8) is 0 Å². The lowest BCUT2D eigenvalue weighted by atomic mass is 10.2. The first-order valence-electron chi connectivity index (χ1n) is 8.83. The van der Waals surface area contributed by atoms with Gasteiger partial charge in [-0.25, -0.2) is 4.39 Å². The summed E-state index contributed by atoms with van der Waals surface area (Å²) in [5.41, 5.74) is 2.13. The van der Waals surface area contributed by atoms with Gasteiger partial charge in [-0.2, -0.15) is 0 Å². The molecule has 1 N–H and O–H groups in total. The number of benzene rings is 3. The molecule has 0 spiro atoms. The van der Waals surface area contributed by atoms with Crippen molar-refractivity contribution in [1.29, 1.82) is 0 Å². The Hall–Kier alpha value is -3.31. The van der Waals surface area contributed by atoms with Crippen LogP contribution < -0.4 is 14.8 Å². The molecular weight excluding hydrogens is 393 g/mol. The van der Waals surface area contributed by atoms with Gasteiger partial charge in [-0.1, -0.05) is 35.9 Å². The quantitative estimate of drug-likeness (QED) is 0.506. The second kappa shape index (κ2) is 9.75. The van der Waals surface area contributed by atoms with Gasteiger partial charge >= 0.3 is 0 Å². The largest absolute Gasteiger partial charge is 0.493 e. The molecule has 0 saturated heterocycles. The summed E-state index contributed by atoms with van der Waals surface area (Å²) in [6, 6.07) is 18.5. The number of carbonyl (C=O) groups excluding carboxylic acids is 1. The molecule has 0 heterocycles. The van der Waals surface area contributed by atoms with Gasteiger partial charge in [0.25, 0.3) is 0 Å². The van der Waals surface area contributed by atoms with E-state index in [4.69, 9.17) is 21.1 Å². The highest BCUT2D eigenvalue weighted by Gasteiger charge is 2.06. The van der Waals surface area contributed by atoms with Gasteiger partial charge < -0.3 is 14.8 Å². The van der Waals surface area contributed by atoms with Gasteiger partial charge in [-0.05, 0) is 59.7 Å².